The van der Waals surface area contributed by atoms with E-state index in [1.165, 1.54) is 6.07 Å². The second-order valence-corrected chi connectivity index (χ2v) is 4.02. The van der Waals surface area contributed by atoms with Crippen LogP contribution in [0.2, 0.25) is 5.02 Å². The van der Waals surface area contributed by atoms with E-state index < -0.39 is 0 Å². The Morgan fingerprint density at radius 3 is 2.71 bits per heavy atom. The Bertz CT molecular complexity index is 518. The van der Waals surface area contributed by atoms with Crippen LogP contribution in [0.5, 0.6) is 0 Å². The van der Waals surface area contributed by atoms with Crippen molar-refractivity contribution in [2.24, 2.45) is 0 Å². The molecule has 0 aliphatic carbocycles. The smallest absolute Gasteiger partial charge is 0.264 e. The van der Waals surface area contributed by atoms with E-state index in [1.807, 2.05) is 12.1 Å². The van der Waals surface area contributed by atoms with Gasteiger partial charge in [-0.15, -0.1) is 0 Å². The molecule has 1 N–H and O–H groups in total. The molecule has 72 valence electrons. The lowest BCUT2D eigenvalue weighted by atomic mass is 10.3. The second kappa shape index (κ2) is 3.63. The Hall–Kier alpha value is -1.00. The van der Waals surface area contributed by atoms with Gasteiger partial charge in [0.15, 0.2) is 0 Å². The topological polar surface area (TPSA) is 37.8 Å². The largest absolute Gasteiger partial charge is 0.268 e. The fourth-order valence-corrected chi connectivity index (χ4v) is 1.61. The maximum Gasteiger partial charge on any atom is 0.264 e. The fraction of sp³-hybridized carbons (Fsp3) is 0. The summed E-state index contributed by atoms with van der Waals surface area (Å²) >= 11 is 9.16. The van der Waals surface area contributed by atoms with Gasteiger partial charge in [-0.1, -0.05) is 11.6 Å². The van der Waals surface area contributed by atoms with Gasteiger partial charge in [-0.05, 0) is 34.1 Å². The number of hydrogen-bond donors (Lipinski definition) is 1. The Morgan fingerprint density at radius 1 is 1.36 bits per heavy atom. The number of aromatic nitrogens is 2. The molecule has 2 rings (SSSR count). The number of H-pyrrole nitrogens is 1. The molecule has 3 nitrogen and oxygen atoms in total. The molecule has 0 aliphatic rings. The lowest BCUT2D eigenvalue weighted by Gasteiger charge is -2.03. The van der Waals surface area contributed by atoms with Gasteiger partial charge in [-0.3, -0.25) is 14.6 Å². The molecule has 0 saturated heterocycles. The number of halogens is 2. The summed E-state index contributed by atoms with van der Waals surface area (Å²) in [6.07, 6.45) is 1.66. The van der Waals surface area contributed by atoms with Crippen LogP contribution in [-0.2, 0) is 0 Å². The lowest BCUT2D eigenvalue weighted by Crippen LogP contribution is -2.02. The minimum atomic E-state index is -0.129. The third-order valence-corrected chi connectivity index (χ3v) is 3.00. The van der Waals surface area contributed by atoms with Crippen molar-refractivity contribution in [2.45, 2.75) is 0 Å². The SMILES string of the molecule is O=c1ccn(-c2ccc(Cl)c(Br)c2)[nH]1. The van der Waals surface area contributed by atoms with Gasteiger partial charge < -0.3 is 0 Å². The van der Waals surface area contributed by atoms with Crippen molar-refractivity contribution in [3.63, 3.8) is 0 Å². The monoisotopic (exact) mass is 272 g/mol. The summed E-state index contributed by atoms with van der Waals surface area (Å²) in [6.45, 7) is 0. The summed E-state index contributed by atoms with van der Waals surface area (Å²) in [7, 11) is 0. The maximum absolute atomic E-state index is 10.9. The summed E-state index contributed by atoms with van der Waals surface area (Å²) in [4.78, 5) is 10.9. The highest BCUT2D eigenvalue weighted by Gasteiger charge is 2.00. The minimum absolute atomic E-state index is 0.129. The Kier molecular flexibility index (Phi) is 2.48. The number of rotatable bonds is 1. The summed E-state index contributed by atoms with van der Waals surface area (Å²) in [5.41, 5.74) is 0.722. The van der Waals surface area contributed by atoms with Crippen molar-refractivity contribution >= 4 is 27.5 Å². The Balaban J connectivity index is 2.52. The van der Waals surface area contributed by atoms with E-state index in [4.69, 9.17) is 11.6 Å². The van der Waals surface area contributed by atoms with Gasteiger partial charge >= 0.3 is 0 Å². The molecule has 0 fully saturated rings. The summed E-state index contributed by atoms with van der Waals surface area (Å²) in [5.74, 6) is 0. The van der Waals surface area contributed by atoms with Crippen molar-refractivity contribution in [1.29, 1.82) is 0 Å². The van der Waals surface area contributed by atoms with E-state index in [1.54, 1.807) is 16.9 Å². The van der Waals surface area contributed by atoms with Gasteiger partial charge in [-0.25, -0.2) is 0 Å². The molecule has 1 aromatic heterocycles. The van der Waals surface area contributed by atoms with E-state index in [2.05, 4.69) is 21.0 Å². The number of nitrogens with zero attached hydrogens (tertiary/aromatic N) is 1. The van der Waals surface area contributed by atoms with Crippen LogP contribution < -0.4 is 5.56 Å². The zero-order valence-electron chi connectivity index (χ0n) is 7.00. The van der Waals surface area contributed by atoms with Gasteiger partial charge in [0.25, 0.3) is 5.56 Å². The predicted molar refractivity (Wildman–Crippen MR) is 59.1 cm³/mol. The quantitative estimate of drug-likeness (QED) is 0.852. The van der Waals surface area contributed by atoms with Gasteiger partial charge in [-0.2, -0.15) is 0 Å². The number of nitrogens with one attached hydrogen (secondary N) is 1. The third-order valence-electron chi connectivity index (χ3n) is 1.79. The highest BCUT2D eigenvalue weighted by atomic mass is 79.9. The molecular weight excluding hydrogens is 267 g/mol. The molecule has 0 bridgehead atoms. The van der Waals surface area contributed by atoms with Crippen LogP contribution in [-0.4, -0.2) is 9.78 Å². The van der Waals surface area contributed by atoms with Crippen molar-refractivity contribution in [2.75, 3.05) is 0 Å². The zero-order valence-corrected chi connectivity index (χ0v) is 9.34. The maximum atomic E-state index is 10.9. The van der Waals surface area contributed by atoms with Gasteiger partial charge in [0.05, 0.1) is 10.7 Å². The standard InChI is InChI=1S/C9H6BrClN2O/c10-7-5-6(1-2-8(7)11)13-4-3-9(14)12-13/h1-5H,(H,12,14). The van der Waals surface area contributed by atoms with Crippen molar-refractivity contribution < 1.29 is 0 Å². The van der Waals surface area contributed by atoms with Crippen LogP contribution in [0.15, 0.2) is 39.7 Å². The normalized spacial score (nSPS) is 10.4. The van der Waals surface area contributed by atoms with Gasteiger partial charge in [0.2, 0.25) is 0 Å². The molecule has 5 heteroatoms. The van der Waals surface area contributed by atoms with Crippen LogP contribution >= 0.6 is 27.5 Å². The first kappa shape index (κ1) is 9.55. The molecule has 0 saturated carbocycles. The first-order valence-corrected chi connectivity index (χ1v) is 5.07. The molecule has 0 spiro atoms. The lowest BCUT2D eigenvalue weighted by molar-refractivity contribution is 0.863. The summed E-state index contributed by atoms with van der Waals surface area (Å²) in [5, 5.41) is 3.28. The molecular formula is C9H6BrClN2O. The molecule has 0 atom stereocenters. The number of hydrogen-bond acceptors (Lipinski definition) is 1. The molecule has 14 heavy (non-hydrogen) atoms. The van der Waals surface area contributed by atoms with Crippen molar-refractivity contribution in [3.05, 3.63) is 50.3 Å². The van der Waals surface area contributed by atoms with Gasteiger partial charge in [0.1, 0.15) is 0 Å². The van der Waals surface area contributed by atoms with Crippen LogP contribution in [0.3, 0.4) is 0 Å². The molecule has 1 heterocycles. The average Bonchev–Trinajstić information content (AvgIpc) is 2.57. The molecule has 1 aromatic carbocycles. The summed E-state index contributed by atoms with van der Waals surface area (Å²) in [6, 6.07) is 6.88. The van der Waals surface area contributed by atoms with Crippen LogP contribution in [0.25, 0.3) is 5.69 Å². The number of aromatic amines is 1. The Morgan fingerprint density at radius 2 is 2.14 bits per heavy atom. The van der Waals surface area contributed by atoms with Crippen LogP contribution in [0.4, 0.5) is 0 Å². The Labute approximate surface area is 93.4 Å². The van der Waals surface area contributed by atoms with E-state index >= 15 is 0 Å². The zero-order chi connectivity index (χ0) is 10.1. The van der Waals surface area contributed by atoms with E-state index in [0.29, 0.717) is 5.02 Å². The summed E-state index contributed by atoms with van der Waals surface area (Å²) < 4.78 is 2.43. The van der Waals surface area contributed by atoms with Crippen LogP contribution in [0.1, 0.15) is 0 Å². The third kappa shape index (κ3) is 1.76. The number of benzene rings is 1. The van der Waals surface area contributed by atoms with Crippen LogP contribution in [0, 0.1) is 0 Å². The molecule has 2 aromatic rings. The van der Waals surface area contributed by atoms with E-state index in [9.17, 15) is 4.79 Å². The van der Waals surface area contributed by atoms with E-state index in [-0.39, 0.29) is 5.56 Å². The van der Waals surface area contributed by atoms with E-state index in [0.717, 1.165) is 10.2 Å². The van der Waals surface area contributed by atoms with Crippen molar-refractivity contribution in [1.82, 2.24) is 9.78 Å². The molecule has 0 amide bonds. The first-order valence-electron chi connectivity index (χ1n) is 3.90. The molecule has 0 radical (unpaired) electrons. The molecule has 0 aliphatic heterocycles. The van der Waals surface area contributed by atoms with Gasteiger partial charge in [0, 0.05) is 16.7 Å². The average molecular weight is 274 g/mol. The fourth-order valence-electron chi connectivity index (χ4n) is 1.12. The molecule has 0 unspecified atom stereocenters. The first-order chi connectivity index (χ1) is 6.66. The highest BCUT2D eigenvalue weighted by molar-refractivity contribution is 9.10. The minimum Gasteiger partial charge on any atom is -0.268 e. The highest BCUT2D eigenvalue weighted by Crippen LogP contribution is 2.24. The predicted octanol–water partition coefficient (Wildman–Crippen LogP) is 2.58. The van der Waals surface area contributed by atoms with Crippen molar-refractivity contribution in [3.8, 4) is 5.69 Å². The second-order valence-electron chi connectivity index (χ2n) is 2.76.